The summed E-state index contributed by atoms with van der Waals surface area (Å²) in [7, 11) is -1.24. The largest absolute Gasteiger partial charge is 0.173 e. The zero-order valence-electron chi connectivity index (χ0n) is 11.1. The maximum absolute atomic E-state index is 3.86. The molecule has 0 aromatic heterocycles. The minimum Gasteiger partial charge on any atom is -0.114 e. The minimum atomic E-state index is -1.24. The van der Waals surface area contributed by atoms with Gasteiger partial charge in [0.2, 0.25) is 0 Å². The van der Waals surface area contributed by atoms with Crippen LogP contribution in [0.5, 0.6) is 0 Å². The zero-order chi connectivity index (χ0) is 12.6. The molecule has 0 radical (unpaired) electrons. The molecule has 16 heavy (non-hydrogen) atoms. The van der Waals surface area contributed by atoms with E-state index < -0.39 is 8.07 Å². The smallest absolute Gasteiger partial charge is 0.114 e. The van der Waals surface area contributed by atoms with Crippen molar-refractivity contribution in [2.24, 2.45) is 0 Å². The Hall–Kier alpha value is -0.758. The molecule has 0 amide bonds. The summed E-state index contributed by atoms with van der Waals surface area (Å²) in [5, 5.41) is 1.63. The molecule has 0 aliphatic carbocycles. The Bertz CT molecular complexity index is 261. The molecular weight excluding hydrogens is 207 g/mol. The number of hydrogen-bond acceptors (Lipinski definition) is 0. The lowest BCUT2D eigenvalue weighted by Crippen LogP contribution is -2.34. The average Bonchev–Trinajstić information content (AvgIpc) is 2.17. The summed E-state index contributed by atoms with van der Waals surface area (Å²) in [5.41, 5.74) is 0. The van der Waals surface area contributed by atoms with E-state index in [0.717, 1.165) is 19.1 Å². The Balaban J connectivity index is 5.01. The van der Waals surface area contributed by atoms with Crippen LogP contribution < -0.4 is 0 Å². The maximum atomic E-state index is 3.86. The highest BCUT2D eigenvalue weighted by Crippen LogP contribution is 2.23. The van der Waals surface area contributed by atoms with E-state index in [4.69, 9.17) is 0 Å². The van der Waals surface area contributed by atoms with Gasteiger partial charge in [-0.3, -0.25) is 0 Å². The summed E-state index contributed by atoms with van der Waals surface area (Å²) in [6.07, 6.45) is 11.5. The van der Waals surface area contributed by atoms with Crippen molar-refractivity contribution in [1.29, 1.82) is 0 Å². The molecule has 0 N–H and O–H groups in total. The van der Waals surface area contributed by atoms with Crippen molar-refractivity contribution in [2.75, 3.05) is 0 Å². The predicted octanol–water partition coefficient (Wildman–Crippen LogP) is 4.77. The van der Waals surface area contributed by atoms with E-state index in [9.17, 15) is 0 Å². The molecule has 2 heteroatoms. The van der Waals surface area contributed by atoms with Crippen LogP contribution in [0.4, 0.5) is 0 Å². The fourth-order valence-corrected chi connectivity index (χ4v) is 4.24. The van der Waals surface area contributed by atoms with Crippen LogP contribution in [0.25, 0.3) is 0 Å². The summed E-state index contributed by atoms with van der Waals surface area (Å²) in [6.45, 7) is 19.3. The number of hydrogen-bond donors (Lipinski definition) is 0. The molecule has 0 unspecified atom stereocenters. The van der Waals surface area contributed by atoms with Gasteiger partial charge in [-0.2, -0.15) is 0 Å². The van der Waals surface area contributed by atoms with Gasteiger partial charge in [-0.15, -0.1) is 24.8 Å². The monoisotopic (exact) mass is 232 g/mol. The van der Waals surface area contributed by atoms with E-state index in [1.165, 1.54) is 0 Å². The van der Waals surface area contributed by atoms with Gasteiger partial charge in [0.15, 0.2) is 6.71 Å². The third-order valence-corrected chi connectivity index (χ3v) is 5.06. The standard InChI is InChI=1S/C14H25BSi/c1-7-10-11-14(16(4,5)6)15(12-8-2)13-9-3/h7-9,11H,1-3,10,12-13H2,4-6H3/b14-11-. The van der Waals surface area contributed by atoms with E-state index in [1.54, 1.807) is 5.10 Å². The molecule has 0 aliphatic rings. The Morgan fingerprint density at radius 2 is 1.50 bits per heavy atom. The second kappa shape index (κ2) is 7.50. The van der Waals surface area contributed by atoms with Gasteiger partial charge in [-0.25, -0.2) is 0 Å². The first kappa shape index (κ1) is 15.2. The van der Waals surface area contributed by atoms with Crippen molar-refractivity contribution in [1.82, 2.24) is 0 Å². The Kier molecular flexibility index (Phi) is 7.15. The van der Waals surface area contributed by atoms with Gasteiger partial charge in [0.25, 0.3) is 0 Å². The van der Waals surface area contributed by atoms with E-state index in [2.05, 4.69) is 45.5 Å². The summed E-state index contributed by atoms with van der Waals surface area (Å²) < 4.78 is 0. The summed E-state index contributed by atoms with van der Waals surface area (Å²) in [5.74, 6) is 0. The van der Waals surface area contributed by atoms with Crippen LogP contribution >= 0.6 is 0 Å². The molecule has 0 aromatic carbocycles. The lowest BCUT2D eigenvalue weighted by molar-refractivity contribution is 1.38. The highest BCUT2D eigenvalue weighted by molar-refractivity contribution is 6.98. The van der Waals surface area contributed by atoms with Crippen molar-refractivity contribution in [2.45, 2.75) is 38.7 Å². The van der Waals surface area contributed by atoms with Crippen LogP contribution in [0.3, 0.4) is 0 Å². The van der Waals surface area contributed by atoms with Crippen molar-refractivity contribution in [3.05, 3.63) is 49.1 Å². The fourth-order valence-electron chi connectivity index (χ4n) is 2.05. The molecule has 0 atom stereocenters. The summed E-state index contributed by atoms with van der Waals surface area (Å²) in [6, 6.07) is 0. The first-order valence-corrected chi connectivity index (χ1v) is 9.50. The molecule has 0 aliphatic heterocycles. The van der Waals surface area contributed by atoms with E-state index in [1.807, 2.05) is 18.2 Å². The Labute approximate surface area is 103 Å². The normalized spacial score (nSPS) is 12.1. The van der Waals surface area contributed by atoms with Gasteiger partial charge in [0.1, 0.15) is 0 Å². The topological polar surface area (TPSA) is 0 Å². The van der Waals surface area contributed by atoms with Gasteiger partial charge < -0.3 is 0 Å². The van der Waals surface area contributed by atoms with Crippen LogP contribution in [0.2, 0.25) is 32.3 Å². The fraction of sp³-hybridized carbons (Fsp3) is 0.429. The van der Waals surface area contributed by atoms with Crippen molar-refractivity contribution in [3.63, 3.8) is 0 Å². The Morgan fingerprint density at radius 1 is 1.00 bits per heavy atom. The van der Waals surface area contributed by atoms with Crippen molar-refractivity contribution in [3.8, 4) is 0 Å². The molecule has 0 bridgehead atoms. The van der Waals surface area contributed by atoms with Crippen LogP contribution in [-0.2, 0) is 0 Å². The lowest BCUT2D eigenvalue weighted by atomic mass is 9.44. The molecule has 0 rings (SSSR count). The first-order chi connectivity index (χ1) is 7.47. The van der Waals surface area contributed by atoms with E-state index in [-0.39, 0.29) is 0 Å². The van der Waals surface area contributed by atoms with Gasteiger partial charge in [0, 0.05) is 0 Å². The van der Waals surface area contributed by atoms with Gasteiger partial charge in [-0.05, 0) is 6.42 Å². The van der Waals surface area contributed by atoms with E-state index in [0.29, 0.717) is 6.71 Å². The quantitative estimate of drug-likeness (QED) is 0.417. The van der Waals surface area contributed by atoms with Gasteiger partial charge >= 0.3 is 0 Å². The second-order valence-electron chi connectivity index (χ2n) is 5.18. The van der Waals surface area contributed by atoms with E-state index >= 15 is 0 Å². The van der Waals surface area contributed by atoms with Crippen molar-refractivity contribution >= 4 is 14.8 Å². The summed E-state index contributed by atoms with van der Waals surface area (Å²) in [4.78, 5) is 0. The number of rotatable bonds is 8. The predicted molar refractivity (Wildman–Crippen MR) is 82.0 cm³/mol. The molecule has 0 saturated heterocycles. The molecule has 88 valence electrons. The third kappa shape index (κ3) is 5.36. The van der Waals surface area contributed by atoms with Crippen LogP contribution in [0.15, 0.2) is 49.1 Å². The molecule has 0 nitrogen and oxygen atoms in total. The summed E-state index contributed by atoms with van der Waals surface area (Å²) >= 11 is 0. The molecular formula is C14H25BSi. The molecule has 0 aromatic rings. The maximum Gasteiger partial charge on any atom is 0.173 e. The van der Waals surface area contributed by atoms with Crippen molar-refractivity contribution < 1.29 is 0 Å². The molecule has 0 heterocycles. The Morgan fingerprint density at radius 3 is 1.81 bits per heavy atom. The number of allylic oxidation sites excluding steroid dienone is 4. The molecule has 0 spiro atoms. The average molecular weight is 232 g/mol. The van der Waals surface area contributed by atoms with Gasteiger partial charge in [-0.1, -0.05) is 56.6 Å². The highest BCUT2D eigenvalue weighted by Gasteiger charge is 2.27. The van der Waals surface area contributed by atoms with Crippen LogP contribution in [0, 0.1) is 0 Å². The first-order valence-electron chi connectivity index (χ1n) is 6.00. The van der Waals surface area contributed by atoms with Crippen LogP contribution in [0.1, 0.15) is 6.42 Å². The zero-order valence-corrected chi connectivity index (χ0v) is 12.1. The highest BCUT2D eigenvalue weighted by atomic mass is 28.3. The third-order valence-electron chi connectivity index (χ3n) is 2.71. The SMILES string of the molecule is C=CC/C=C(/B(CC=C)CC=C)[Si](C)(C)C. The lowest BCUT2D eigenvalue weighted by Gasteiger charge is -2.26. The van der Waals surface area contributed by atoms with Gasteiger partial charge in [0.05, 0.1) is 8.07 Å². The molecule has 0 saturated carbocycles. The van der Waals surface area contributed by atoms with Crippen LogP contribution in [-0.4, -0.2) is 14.8 Å². The molecule has 0 fully saturated rings. The minimum absolute atomic E-state index is 0.599. The second-order valence-corrected chi connectivity index (χ2v) is 10.3.